The summed E-state index contributed by atoms with van der Waals surface area (Å²) in [5.41, 5.74) is 2.91. The molecule has 0 saturated carbocycles. The second-order valence-electron chi connectivity index (χ2n) is 5.83. The molecule has 26 heavy (non-hydrogen) atoms. The van der Waals surface area contributed by atoms with Crippen molar-refractivity contribution in [2.75, 3.05) is 6.61 Å². The van der Waals surface area contributed by atoms with Gasteiger partial charge in [0.05, 0.1) is 17.6 Å². The van der Waals surface area contributed by atoms with E-state index in [1.54, 1.807) is 0 Å². The van der Waals surface area contributed by atoms with Crippen LogP contribution in [0, 0.1) is 0 Å². The van der Waals surface area contributed by atoms with Crippen LogP contribution in [0.15, 0.2) is 64.8 Å². The summed E-state index contributed by atoms with van der Waals surface area (Å²) in [6, 6.07) is 17.7. The maximum Gasteiger partial charge on any atom is 0.239 e. The van der Waals surface area contributed by atoms with Gasteiger partial charge in [0, 0.05) is 0 Å². The van der Waals surface area contributed by atoms with Crippen LogP contribution in [0.25, 0.3) is 0 Å². The number of hydrogen-bond donors (Lipinski definition) is 1. The van der Waals surface area contributed by atoms with Crippen LogP contribution in [-0.4, -0.2) is 28.6 Å². The predicted molar refractivity (Wildman–Crippen MR) is 107 cm³/mol. The summed E-state index contributed by atoms with van der Waals surface area (Å²) in [6.07, 6.45) is 0.642. The van der Waals surface area contributed by atoms with Gasteiger partial charge in [-0.25, -0.2) is 0 Å². The summed E-state index contributed by atoms with van der Waals surface area (Å²) in [4.78, 5) is 12.2. The highest BCUT2D eigenvalue weighted by Crippen LogP contribution is 2.24. The van der Waals surface area contributed by atoms with Gasteiger partial charge < -0.3 is 10.1 Å². The number of hydrogen-bond acceptors (Lipinski definition) is 5. The van der Waals surface area contributed by atoms with Crippen molar-refractivity contribution in [3.05, 3.63) is 65.7 Å². The zero-order valence-corrected chi connectivity index (χ0v) is 15.6. The second-order valence-corrected chi connectivity index (χ2v) is 7.02. The van der Waals surface area contributed by atoms with E-state index in [1.807, 2.05) is 68.4 Å². The summed E-state index contributed by atoms with van der Waals surface area (Å²) in [5.74, 6) is 0.808. The van der Waals surface area contributed by atoms with Crippen LogP contribution in [0.4, 0.5) is 0 Å². The molecule has 2 aromatic carbocycles. The van der Waals surface area contributed by atoms with Gasteiger partial charge in [0.1, 0.15) is 5.75 Å². The molecule has 1 N–H and O–H groups in total. The molecule has 0 radical (unpaired) electrons. The molecule has 134 valence electrons. The van der Waals surface area contributed by atoms with E-state index >= 15 is 0 Å². The number of nitrogens with one attached hydrogen (secondary N) is 1. The van der Waals surface area contributed by atoms with E-state index < -0.39 is 0 Å². The minimum atomic E-state index is -0.195. The van der Waals surface area contributed by atoms with Gasteiger partial charge in [-0.2, -0.15) is 5.10 Å². The number of thioether (sulfide) groups is 1. The number of rotatable bonds is 6. The Labute approximate surface area is 157 Å². The number of carbonyl (C=O) groups is 1. The van der Waals surface area contributed by atoms with Crippen LogP contribution < -0.4 is 10.1 Å². The van der Waals surface area contributed by atoms with E-state index in [1.165, 1.54) is 11.8 Å². The van der Waals surface area contributed by atoms with E-state index in [2.05, 4.69) is 15.5 Å². The molecule has 1 unspecified atom stereocenters. The van der Waals surface area contributed by atoms with Gasteiger partial charge in [0.25, 0.3) is 0 Å². The molecule has 0 aromatic heterocycles. The van der Waals surface area contributed by atoms with Gasteiger partial charge in [-0.05, 0) is 43.5 Å². The minimum absolute atomic E-state index is 0.0322. The van der Waals surface area contributed by atoms with Crippen LogP contribution in [0.1, 0.15) is 25.0 Å². The van der Waals surface area contributed by atoms with Crippen molar-refractivity contribution in [2.24, 2.45) is 10.2 Å². The van der Waals surface area contributed by atoms with Crippen LogP contribution in [0.5, 0.6) is 5.75 Å². The zero-order valence-electron chi connectivity index (χ0n) is 14.8. The van der Waals surface area contributed by atoms with Crippen LogP contribution >= 0.6 is 11.8 Å². The van der Waals surface area contributed by atoms with E-state index in [0.717, 1.165) is 22.6 Å². The molecule has 1 saturated heterocycles. The maximum atomic E-state index is 12.2. The van der Waals surface area contributed by atoms with E-state index in [0.29, 0.717) is 18.2 Å². The first-order valence-corrected chi connectivity index (χ1v) is 9.40. The van der Waals surface area contributed by atoms with Crippen LogP contribution in [0.2, 0.25) is 0 Å². The van der Waals surface area contributed by atoms with E-state index in [4.69, 9.17) is 4.74 Å². The van der Waals surface area contributed by atoms with Crippen molar-refractivity contribution in [1.29, 1.82) is 0 Å². The Balaban J connectivity index is 1.63. The van der Waals surface area contributed by atoms with Crippen molar-refractivity contribution in [1.82, 2.24) is 5.32 Å². The molecule has 6 heteroatoms. The lowest BCUT2D eigenvalue weighted by atomic mass is 10.1. The fourth-order valence-corrected chi connectivity index (χ4v) is 3.51. The average Bonchev–Trinajstić information content (AvgIpc) is 3.02. The molecule has 5 nitrogen and oxygen atoms in total. The summed E-state index contributed by atoms with van der Waals surface area (Å²) < 4.78 is 5.44. The van der Waals surface area contributed by atoms with Crippen molar-refractivity contribution >= 4 is 28.5 Å². The van der Waals surface area contributed by atoms with Gasteiger partial charge >= 0.3 is 0 Å². The van der Waals surface area contributed by atoms with Gasteiger partial charge in [-0.1, -0.05) is 54.2 Å². The topological polar surface area (TPSA) is 63.1 Å². The number of amides is 1. The molecule has 1 aliphatic heterocycles. The molecular formula is C20H21N3O2S. The molecule has 2 aromatic rings. The quantitative estimate of drug-likeness (QED) is 0.626. The lowest BCUT2D eigenvalue weighted by Crippen LogP contribution is -2.25. The van der Waals surface area contributed by atoms with Gasteiger partial charge in [-0.15, -0.1) is 5.10 Å². The molecule has 1 atom stereocenters. The Morgan fingerprint density at radius 2 is 1.88 bits per heavy atom. The number of amidine groups is 1. The molecular weight excluding hydrogens is 346 g/mol. The Bertz CT molecular complexity index is 817. The first-order valence-electron chi connectivity index (χ1n) is 8.52. The molecule has 1 amide bonds. The third-order valence-electron chi connectivity index (χ3n) is 3.91. The molecule has 0 spiro atoms. The SMILES string of the molecule is CCOc1ccc(CC2S/C(=N/N=C(\C)c3ccccc3)NC2=O)cc1. The van der Waals surface area contributed by atoms with Crippen molar-refractivity contribution in [2.45, 2.75) is 25.5 Å². The highest BCUT2D eigenvalue weighted by molar-refractivity contribution is 8.15. The summed E-state index contributed by atoms with van der Waals surface area (Å²) in [5, 5.41) is 11.6. The highest BCUT2D eigenvalue weighted by Gasteiger charge is 2.30. The van der Waals surface area contributed by atoms with Crippen molar-refractivity contribution in [3.63, 3.8) is 0 Å². The van der Waals surface area contributed by atoms with Crippen LogP contribution in [0.3, 0.4) is 0 Å². The molecule has 3 rings (SSSR count). The fourth-order valence-electron chi connectivity index (χ4n) is 2.55. The fraction of sp³-hybridized carbons (Fsp3) is 0.250. The number of benzene rings is 2. The standard InChI is InChI=1S/C20H21N3O2S/c1-3-25-17-11-9-15(10-12-17)13-18-19(24)21-20(26-18)23-22-14(2)16-7-5-4-6-8-16/h4-12,18H,3,13H2,1-2H3,(H,21,23,24)/b22-14+. The molecule has 0 aliphatic carbocycles. The summed E-state index contributed by atoms with van der Waals surface area (Å²) in [7, 11) is 0. The first-order chi connectivity index (χ1) is 12.7. The maximum absolute atomic E-state index is 12.2. The van der Waals surface area contributed by atoms with Crippen molar-refractivity contribution < 1.29 is 9.53 Å². The van der Waals surface area contributed by atoms with E-state index in [-0.39, 0.29) is 11.2 Å². The molecule has 0 bridgehead atoms. The molecule has 1 heterocycles. The monoisotopic (exact) mass is 367 g/mol. The molecule has 1 fully saturated rings. The average molecular weight is 367 g/mol. The highest BCUT2D eigenvalue weighted by atomic mass is 32.2. The summed E-state index contributed by atoms with van der Waals surface area (Å²) >= 11 is 1.42. The second kappa shape index (κ2) is 8.67. The smallest absolute Gasteiger partial charge is 0.239 e. The third-order valence-corrected chi connectivity index (χ3v) is 4.99. The van der Waals surface area contributed by atoms with E-state index in [9.17, 15) is 4.79 Å². The Morgan fingerprint density at radius 3 is 2.58 bits per heavy atom. The number of carbonyl (C=O) groups excluding carboxylic acids is 1. The zero-order chi connectivity index (χ0) is 18.4. The van der Waals surface area contributed by atoms with Gasteiger partial charge in [0.15, 0.2) is 5.17 Å². The minimum Gasteiger partial charge on any atom is -0.494 e. The predicted octanol–water partition coefficient (Wildman–Crippen LogP) is 3.64. The lowest BCUT2D eigenvalue weighted by Gasteiger charge is -2.07. The Kier molecular flexibility index (Phi) is 6.07. The van der Waals surface area contributed by atoms with Gasteiger partial charge in [-0.3, -0.25) is 4.79 Å². The number of nitrogens with zero attached hydrogens (tertiary/aromatic N) is 2. The largest absolute Gasteiger partial charge is 0.494 e. The lowest BCUT2D eigenvalue weighted by molar-refractivity contribution is -0.118. The first kappa shape index (κ1) is 18.2. The number of ether oxygens (including phenoxy) is 1. The normalized spacial score (nSPS) is 18.8. The third kappa shape index (κ3) is 4.73. The Morgan fingerprint density at radius 1 is 1.15 bits per heavy atom. The van der Waals surface area contributed by atoms with Gasteiger partial charge in [0.2, 0.25) is 5.91 Å². The summed E-state index contributed by atoms with van der Waals surface area (Å²) in [6.45, 7) is 4.50. The van der Waals surface area contributed by atoms with Crippen molar-refractivity contribution in [3.8, 4) is 5.75 Å². The Hall–Kier alpha value is -2.60. The van der Waals surface area contributed by atoms with Crippen LogP contribution in [-0.2, 0) is 11.2 Å². The molecule has 1 aliphatic rings.